The summed E-state index contributed by atoms with van der Waals surface area (Å²) in [6, 6.07) is 8.48. The Hall–Kier alpha value is -1.48. The highest BCUT2D eigenvalue weighted by molar-refractivity contribution is 6.33. The van der Waals surface area contributed by atoms with Gasteiger partial charge in [0, 0.05) is 6.20 Å². The van der Waals surface area contributed by atoms with Crippen molar-refractivity contribution in [1.29, 1.82) is 0 Å². The molecule has 4 heteroatoms. The molecular formula is C16H22ClN3. The summed E-state index contributed by atoms with van der Waals surface area (Å²) in [6.45, 7) is 7.14. The van der Waals surface area contributed by atoms with Gasteiger partial charge in [0.1, 0.15) is 0 Å². The van der Waals surface area contributed by atoms with Gasteiger partial charge in [-0.1, -0.05) is 37.6 Å². The third-order valence-corrected chi connectivity index (χ3v) is 3.96. The summed E-state index contributed by atoms with van der Waals surface area (Å²) < 4.78 is 2.07. The van der Waals surface area contributed by atoms with Crippen molar-refractivity contribution >= 4 is 17.3 Å². The summed E-state index contributed by atoms with van der Waals surface area (Å²) in [6.07, 6.45) is 4.28. The highest BCUT2D eigenvalue weighted by atomic mass is 35.5. The maximum atomic E-state index is 6.21. The average molecular weight is 292 g/mol. The monoisotopic (exact) mass is 291 g/mol. The zero-order chi connectivity index (χ0) is 14.5. The van der Waals surface area contributed by atoms with Crippen molar-refractivity contribution in [2.24, 2.45) is 0 Å². The third-order valence-electron chi connectivity index (χ3n) is 3.65. The number of halogens is 1. The fourth-order valence-electron chi connectivity index (χ4n) is 2.37. The molecular weight excluding hydrogens is 270 g/mol. The van der Waals surface area contributed by atoms with Crippen LogP contribution in [-0.4, -0.2) is 9.78 Å². The number of hydrogen-bond acceptors (Lipinski definition) is 2. The highest BCUT2D eigenvalue weighted by Crippen LogP contribution is 2.25. The Morgan fingerprint density at radius 3 is 2.65 bits per heavy atom. The molecule has 0 radical (unpaired) electrons. The number of hydrogen-bond donors (Lipinski definition) is 1. The molecule has 0 unspecified atom stereocenters. The van der Waals surface area contributed by atoms with Crippen LogP contribution in [-0.2, 0) is 6.54 Å². The van der Waals surface area contributed by atoms with E-state index in [1.165, 1.54) is 0 Å². The smallest absolute Gasteiger partial charge is 0.0815 e. The predicted octanol–water partition coefficient (Wildman–Crippen LogP) is 4.82. The lowest BCUT2D eigenvalue weighted by Gasteiger charge is -2.13. The molecule has 1 aromatic carbocycles. The summed E-state index contributed by atoms with van der Waals surface area (Å²) >= 11 is 6.21. The second-order valence-corrected chi connectivity index (χ2v) is 5.45. The minimum Gasteiger partial charge on any atom is -0.378 e. The lowest BCUT2D eigenvalue weighted by molar-refractivity contribution is 0.426. The van der Waals surface area contributed by atoms with E-state index in [0.29, 0.717) is 12.6 Å². The Morgan fingerprint density at radius 2 is 2.00 bits per heavy atom. The fourth-order valence-corrected chi connectivity index (χ4v) is 2.66. The zero-order valence-electron chi connectivity index (χ0n) is 12.4. The molecule has 0 aliphatic carbocycles. The molecule has 2 rings (SSSR count). The molecule has 0 fully saturated rings. The van der Waals surface area contributed by atoms with Crippen LogP contribution >= 0.6 is 11.6 Å². The minimum atomic E-state index is 0.491. The Morgan fingerprint density at radius 1 is 1.25 bits per heavy atom. The molecule has 3 nitrogen and oxygen atoms in total. The van der Waals surface area contributed by atoms with Gasteiger partial charge in [0.25, 0.3) is 0 Å². The van der Waals surface area contributed by atoms with E-state index in [9.17, 15) is 0 Å². The van der Waals surface area contributed by atoms with Crippen molar-refractivity contribution in [2.75, 3.05) is 5.32 Å². The van der Waals surface area contributed by atoms with Crippen LogP contribution < -0.4 is 5.32 Å². The van der Waals surface area contributed by atoms with Crippen LogP contribution in [0.1, 0.15) is 44.0 Å². The van der Waals surface area contributed by atoms with Gasteiger partial charge in [0.2, 0.25) is 0 Å². The maximum Gasteiger partial charge on any atom is 0.0815 e. The van der Waals surface area contributed by atoms with Gasteiger partial charge in [-0.3, -0.25) is 4.68 Å². The van der Waals surface area contributed by atoms with Crippen molar-refractivity contribution in [1.82, 2.24) is 9.78 Å². The molecule has 108 valence electrons. The van der Waals surface area contributed by atoms with Crippen LogP contribution in [0.25, 0.3) is 0 Å². The van der Waals surface area contributed by atoms with E-state index in [1.54, 1.807) is 0 Å². The number of nitrogens with one attached hydrogen (secondary N) is 1. The number of para-hydroxylation sites is 1. The predicted molar refractivity (Wildman–Crippen MR) is 85.4 cm³/mol. The van der Waals surface area contributed by atoms with E-state index >= 15 is 0 Å². The molecule has 20 heavy (non-hydrogen) atoms. The van der Waals surface area contributed by atoms with Gasteiger partial charge in [-0.05, 0) is 37.5 Å². The largest absolute Gasteiger partial charge is 0.378 e. The molecule has 1 heterocycles. The average Bonchev–Trinajstić information content (AvgIpc) is 2.88. The Balaban J connectivity index is 2.05. The summed E-state index contributed by atoms with van der Waals surface area (Å²) in [7, 11) is 0. The number of anilines is 1. The SMILES string of the molecule is CCC(CC)n1ccc(CNc2c(C)cccc2Cl)n1. The Labute approximate surface area is 126 Å². The Kier molecular flexibility index (Phi) is 5.07. The molecule has 2 aromatic rings. The van der Waals surface area contributed by atoms with Crippen molar-refractivity contribution in [2.45, 2.75) is 46.2 Å². The van der Waals surface area contributed by atoms with E-state index in [1.807, 2.05) is 12.1 Å². The van der Waals surface area contributed by atoms with Gasteiger partial charge < -0.3 is 5.32 Å². The van der Waals surface area contributed by atoms with Gasteiger partial charge in [0.15, 0.2) is 0 Å². The molecule has 1 N–H and O–H groups in total. The first-order chi connectivity index (χ1) is 9.65. The maximum absolute atomic E-state index is 6.21. The van der Waals surface area contributed by atoms with Crippen LogP contribution in [0.15, 0.2) is 30.5 Å². The molecule has 0 spiro atoms. The molecule has 0 atom stereocenters. The second-order valence-electron chi connectivity index (χ2n) is 5.04. The minimum absolute atomic E-state index is 0.491. The normalized spacial score (nSPS) is 11.1. The van der Waals surface area contributed by atoms with Gasteiger partial charge in [-0.15, -0.1) is 0 Å². The first kappa shape index (κ1) is 14.9. The first-order valence-corrected chi connectivity index (χ1v) is 7.56. The number of rotatable bonds is 6. The molecule has 1 aromatic heterocycles. The third kappa shape index (κ3) is 3.34. The summed E-state index contributed by atoms with van der Waals surface area (Å²) in [4.78, 5) is 0. The number of benzene rings is 1. The van der Waals surface area contributed by atoms with Gasteiger partial charge >= 0.3 is 0 Å². The zero-order valence-corrected chi connectivity index (χ0v) is 13.1. The lowest BCUT2D eigenvalue weighted by atomic mass is 10.2. The van der Waals surface area contributed by atoms with Gasteiger partial charge in [-0.2, -0.15) is 5.10 Å². The van der Waals surface area contributed by atoms with E-state index in [4.69, 9.17) is 11.6 Å². The first-order valence-electron chi connectivity index (χ1n) is 7.18. The second kappa shape index (κ2) is 6.80. The van der Waals surface area contributed by atoms with E-state index in [2.05, 4.69) is 54.2 Å². The van der Waals surface area contributed by atoms with E-state index < -0.39 is 0 Å². The van der Waals surface area contributed by atoms with E-state index in [-0.39, 0.29) is 0 Å². The molecule has 0 aliphatic heterocycles. The van der Waals surface area contributed by atoms with Crippen molar-refractivity contribution in [3.8, 4) is 0 Å². The highest BCUT2D eigenvalue weighted by Gasteiger charge is 2.08. The topological polar surface area (TPSA) is 29.9 Å². The van der Waals surface area contributed by atoms with Crippen LogP contribution in [0.2, 0.25) is 5.02 Å². The van der Waals surface area contributed by atoms with Crippen LogP contribution in [0.5, 0.6) is 0 Å². The summed E-state index contributed by atoms with van der Waals surface area (Å²) in [5, 5.41) is 8.77. The van der Waals surface area contributed by atoms with Gasteiger partial charge in [-0.25, -0.2) is 0 Å². The van der Waals surface area contributed by atoms with Crippen molar-refractivity contribution in [3.05, 3.63) is 46.7 Å². The van der Waals surface area contributed by atoms with Crippen LogP contribution in [0.4, 0.5) is 5.69 Å². The summed E-state index contributed by atoms with van der Waals surface area (Å²) in [5.41, 5.74) is 3.18. The standard InChI is InChI=1S/C16H22ClN3/c1-4-14(5-2)20-10-9-13(19-20)11-18-16-12(3)7-6-8-15(16)17/h6-10,14,18H,4-5,11H2,1-3H3. The lowest BCUT2D eigenvalue weighted by Crippen LogP contribution is -2.09. The number of aryl methyl sites for hydroxylation is 1. The van der Waals surface area contributed by atoms with Crippen LogP contribution in [0, 0.1) is 6.92 Å². The van der Waals surface area contributed by atoms with Crippen molar-refractivity contribution < 1.29 is 0 Å². The number of aromatic nitrogens is 2. The quantitative estimate of drug-likeness (QED) is 0.827. The Bertz CT molecular complexity index is 538. The molecule has 0 aliphatic rings. The molecule has 0 bridgehead atoms. The van der Waals surface area contributed by atoms with Crippen LogP contribution in [0.3, 0.4) is 0 Å². The van der Waals surface area contributed by atoms with Crippen molar-refractivity contribution in [3.63, 3.8) is 0 Å². The fraction of sp³-hybridized carbons (Fsp3) is 0.438. The number of nitrogens with zero attached hydrogens (tertiary/aromatic N) is 2. The molecule has 0 saturated heterocycles. The summed E-state index contributed by atoms with van der Waals surface area (Å²) in [5.74, 6) is 0. The van der Waals surface area contributed by atoms with E-state index in [0.717, 1.165) is 34.8 Å². The molecule has 0 saturated carbocycles. The molecule has 0 amide bonds. The van der Waals surface area contributed by atoms with Gasteiger partial charge in [0.05, 0.1) is 29.0 Å².